The lowest BCUT2D eigenvalue weighted by atomic mass is 10.1. The number of ether oxygens (including phenoxy) is 1. The molecule has 0 saturated carbocycles. The molecule has 1 aromatic heterocycles. The highest BCUT2D eigenvalue weighted by atomic mass is 19.1. The van der Waals surface area contributed by atoms with E-state index in [0.717, 1.165) is 12.1 Å². The van der Waals surface area contributed by atoms with Crippen molar-refractivity contribution in [3.05, 3.63) is 47.7 Å². The zero-order valence-electron chi connectivity index (χ0n) is 10.5. The van der Waals surface area contributed by atoms with Gasteiger partial charge in [0.25, 0.3) is 5.91 Å². The summed E-state index contributed by atoms with van der Waals surface area (Å²) in [6, 6.07) is 4.58. The van der Waals surface area contributed by atoms with E-state index in [4.69, 9.17) is 10.5 Å². The first kappa shape index (κ1) is 13.7. The van der Waals surface area contributed by atoms with Crippen LogP contribution in [0.15, 0.2) is 30.5 Å². The molecule has 0 spiro atoms. The summed E-state index contributed by atoms with van der Waals surface area (Å²) in [5.41, 5.74) is 4.64. The van der Waals surface area contributed by atoms with Gasteiger partial charge in [-0.15, -0.1) is 0 Å². The molecule has 7 heteroatoms. The number of methoxy groups -OCH3 is 1. The number of carbonyl (C=O) groups excluding carboxylic acids is 1. The van der Waals surface area contributed by atoms with Crippen molar-refractivity contribution in [2.45, 2.75) is 0 Å². The summed E-state index contributed by atoms with van der Waals surface area (Å²) in [5, 5.41) is 2.39. The third-order valence-corrected chi connectivity index (χ3v) is 2.54. The number of amides is 1. The first-order valence-corrected chi connectivity index (χ1v) is 5.57. The van der Waals surface area contributed by atoms with Gasteiger partial charge in [-0.1, -0.05) is 0 Å². The second-order valence-electron chi connectivity index (χ2n) is 3.87. The van der Waals surface area contributed by atoms with E-state index in [-0.39, 0.29) is 17.3 Å². The maximum atomic E-state index is 13.6. The van der Waals surface area contributed by atoms with Gasteiger partial charge in [0.15, 0.2) is 0 Å². The summed E-state index contributed by atoms with van der Waals surface area (Å²) in [7, 11) is 1.38. The molecule has 0 fully saturated rings. The van der Waals surface area contributed by atoms with Crippen LogP contribution in [-0.2, 0) is 0 Å². The number of pyridine rings is 1. The number of rotatable bonds is 3. The molecule has 0 atom stereocenters. The fourth-order valence-electron chi connectivity index (χ4n) is 1.57. The van der Waals surface area contributed by atoms with Crippen LogP contribution in [0.5, 0.6) is 5.88 Å². The van der Waals surface area contributed by atoms with Crippen molar-refractivity contribution in [2.24, 2.45) is 0 Å². The number of hydrogen-bond donors (Lipinski definition) is 2. The van der Waals surface area contributed by atoms with E-state index < -0.39 is 23.1 Å². The van der Waals surface area contributed by atoms with Crippen LogP contribution in [0.3, 0.4) is 0 Å². The minimum absolute atomic E-state index is 0.164. The molecule has 1 amide bonds. The number of nitrogens with one attached hydrogen (secondary N) is 1. The number of nitrogen functional groups attached to an aromatic ring is 1. The molecule has 0 unspecified atom stereocenters. The van der Waals surface area contributed by atoms with Gasteiger partial charge in [-0.25, -0.2) is 13.8 Å². The molecule has 5 nitrogen and oxygen atoms in total. The monoisotopic (exact) mass is 279 g/mol. The zero-order chi connectivity index (χ0) is 14.7. The first-order chi connectivity index (χ1) is 9.52. The Balaban J connectivity index is 2.31. The third kappa shape index (κ3) is 2.66. The highest BCUT2D eigenvalue weighted by Gasteiger charge is 2.16. The topological polar surface area (TPSA) is 77.2 Å². The Morgan fingerprint density at radius 2 is 2.10 bits per heavy atom. The molecule has 20 heavy (non-hydrogen) atoms. The van der Waals surface area contributed by atoms with Crippen LogP contribution in [0.4, 0.5) is 20.2 Å². The molecule has 0 radical (unpaired) electrons. The molecular formula is C13H11F2N3O2. The minimum Gasteiger partial charge on any atom is -0.480 e. The van der Waals surface area contributed by atoms with Crippen LogP contribution in [0.1, 0.15) is 10.4 Å². The molecule has 0 bridgehead atoms. The summed E-state index contributed by atoms with van der Waals surface area (Å²) in [6.07, 6.45) is 1.47. The number of nitrogens with zero attached hydrogens (tertiary/aromatic N) is 1. The maximum Gasteiger partial charge on any atom is 0.258 e. The van der Waals surface area contributed by atoms with Gasteiger partial charge in [0, 0.05) is 12.3 Å². The van der Waals surface area contributed by atoms with Gasteiger partial charge in [0.1, 0.15) is 17.3 Å². The van der Waals surface area contributed by atoms with E-state index in [1.54, 1.807) is 6.07 Å². The van der Waals surface area contributed by atoms with E-state index >= 15 is 0 Å². The highest BCUT2D eigenvalue weighted by molar-refractivity contribution is 6.05. The van der Waals surface area contributed by atoms with Crippen LogP contribution in [0.2, 0.25) is 0 Å². The van der Waals surface area contributed by atoms with Crippen molar-refractivity contribution < 1.29 is 18.3 Å². The Morgan fingerprint density at radius 1 is 1.35 bits per heavy atom. The fourth-order valence-corrected chi connectivity index (χ4v) is 1.57. The molecule has 0 saturated heterocycles. The van der Waals surface area contributed by atoms with Gasteiger partial charge in [-0.05, 0) is 18.2 Å². The van der Waals surface area contributed by atoms with Crippen LogP contribution in [0, 0.1) is 11.6 Å². The Bertz CT molecular complexity index is 662. The quantitative estimate of drug-likeness (QED) is 0.844. The lowest BCUT2D eigenvalue weighted by molar-refractivity contribution is 0.102. The molecule has 104 valence electrons. The van der Waals surface area contributed by atoms with Crippen molar-refractivity contribution in [1.82, 2.24) is 4.98 Å². The van der Waals surface area contributed by atoms with Gasteiger partial charge in [-0.3, -0.25) is 4.79 Å². The van der Waals surface area contributed by atoms with Crippen LogP contribution < -0.4 is 15.8 Å². The number of anilines is 2. The van der Waals surface area contributed by atoms with E-state index in [1.165, 1.54) is 19.4 Å². The predicted octanol–water partition coefficient (Wildman–Crippen LogP) is 2.20. The van der Waals surface area contributed by atoms with Gasteiger partial charge in [0.05, 0.1) is 18.4 Å². The van der Waals surface area contributed by atoms with Crippen molar-refractivity contribution in [3.63, 3.8) is 0 Å². The molecule has 0 aliphatic heterocycles. The Labute approximate surface area is 113 Å². The molecule has 0 aliphatic carbocycles. The van der Waals surface area contributed by atoms with Gasteiger partial charge >= 0.3 is 0 Å². The first-order valence-electron chi connectivity index (χ1n) is 5.57. The summed E-state index contributed by atoms with van der Waals surface area (Å²) < 4.78 is 31.8. The van der Waals surface area contributed by atoms with E-state index in [1.807, 2.05) is 0 Å². The molecule has 3 N–H and O–H groups in total. The number of carbonyl (C=O) groups is 1. The maximum absolute atomic E-state index is 13.6. The van der Waals surface area contributed by atoms with Crippen LogP contribution >= 0.6 is 0 Å². The van der Waals surface area contributed by atoms with Crippen molar-refractivity contribution >= 4 is 17.3 Å². The summed E-state index contributed by atoms with van der Waals surface area (Å²) in [4.78, 5) is 15.8. The Morgan fingerprint density at radius 3 is 2.80 bits per heavy atom. The number of halogens is 2. The standard InChI is InChI=1S/C13H11F2N3O2/c1-20-13-11(3-2-4-17-13)18-12(19)7-5-9(15)10(16)6-8(7)14/h2-6H,16H2,1H3,(H,18,19). The molecular weight excluding hydrogens is 268 g/mol. The SMILES string of the molecule is COc1ncccc1NC(=O)c1cc(F)c(N)cc1F. The van der Waals surface area contributed by atoms with Crippen LogP contribution in [0.25, 0.3) is 0 Å². The fraction of sp³-hybridized carbons (Fsp3) is 0.0769. The molecule has 2 rings (SSSR count). The minimum atomic E-state index is -0.913. The smallest absolute Gasteiger partial charge is 0.258 e. The van der Waals surface area contributed by atoms with Crippen molar-refractivity contribution in [3.8, 4) is 5.88 Å². The summed E-state index contributed by atoms with van der Waals surface area (Å²) in [5.74, 6) is -2.44. The zero-order valence-corrected chi connectivity index (χ0v) is 10.5. The largest absolute Gasteiger partial charge is 0.480 e. The van der Waals surface area contributed by atoms with Gasteiger partial charge < -0.3 is 15.8 Å². The van der Waals surface area contributed by atoms with E-state index in [9.17, 15) is 13.6 Å². The van der Waals surface area contributed by atoms with E-state index in [0.29, 0.717) is 0 Å². The molecule has 2 aromatic rings. The summed E-state index contributed by atoms with van der Waals surface area (Å²) >= 11 is 0. The van der Waals surface area contributed by atoms with Crippen LogP contribution in [-0.4, -0.2) is 18.0 Å². The third-order valence-electron chi connectivity index (χ3n) is 2.54. The van der Waals surface area contributed by atoms with Gasteiger partial charge in [0.2, 0.25) is 5.88 Å². The lowest BCUT2D eigenvalue weighted by Crippen LogP contribution is -2.15. The average molecular weight is 279 g/mol. The second kappa shape index (κ2) is 5.52. The number of nitrogens with two attached hydrogens (primary N) is 1. The molecule has 1 aromatic carbocycles. The van der Waals surface area contributed by atoms with Gasteiger partial charge in [-0.2, -0.15) is 0 Å². The molecule has 0 aliphatic rings. The number of hydrogen-bond acceptors (Lipinski definition) is 4. The number of benzene rings is 1. The normalized spacial score (nSPS) is 10.2. The van der Waals surface area contributed by atoms with Crippen molar-refractivity contribution in [1.29, 1.82) is 0 Å². The summed E-state index contributed by atoms with van der Waals surface area (Å²) in [6.45, 7) is 0. The van der Waals surface area contributed by atoms with E-state index in [2.05, 4.69) is 10.3 Å². The Kier molecular flexibility index (Phi) is 3.79. The number of aromatic nitrogens is 1. The second-order valence-corrected chi connectivity index (χ2v) is 3.87. The predicted molar refractivity (Wildman–Crippen MR) is 69.5 cm³/mol. The Hall–Kier alpha value is -2.70. The highest BCUT2D eigenvalue weighted by Crippen LogP contribution is 2.22. The lowest BCUT2D eigenvalue weighted by Gasteiger charge is -2.09. The molecule has 1 heterocycles. The average Bonchev–Trinajstić information content (AvgIpc) is 2.43. The van der Waals surface area contributed by atoms with Crippen molar-refractivity contribution in [2.75, 3.05) is 18.2 Å².